The van der Waals surface area contributed by atoms with E-state index in [0.29, 0.717) is 12.6 Å². The lowest BCUT2D eigenvalue weighted by Gasteiger charge is -2.16. The van der Waals surface area contributed by atoms with Crippen LogP contribution in [0.25, 0.3) is 0 Å². The highest BCUT2D eigenvalue weighted by Crippen LogP contribution is 2.15. The quantitative estimate of drug-likeness (QED) is 0.807. The summed E-state index contributed by atoms with van der Waals surface area (Å²) < 4.78 is 5.65. The van der Waals surface area contributed by atoms with Crippen LogP contribution >= 0.6 is 11.6 Å². The van der Waals surface area contributed by atoms with Crippen LogP contribution in [-0.4, -0.2) is 19.7 Å². The molecule has 2 nitrogen and oxygen atoms in total. The second kappa shape index (κ2) is 6.70. The normalized spacial score (nSPS) is 12.5. The van der Waals surface area contributed by atoms with Crippen molar-refractivity contribution in [1.82, 2.24) is 5.32 Å². The second-order valence-corrected chi connectivity index (χ2v) is 3.98. The van der Waals surface area contributed by atoms with Gasteiger partial charge in [-0.1, -0.05) is 24.9 Å². The van der Waals surface area contributed by atoms with Crippen molar-refractivity contribution in [3.8, 4) is 5.75 Å². The SMILES string of the molecule is CCCC(COc1ccc(Cl)cc1)NC. The van der Waals surface area contributed by atoms with Gasteiger partial charge in [-0.2, -0.15) is 0 Å². The summed E-state index contributed by atoms with van der Waals surface area (Å²) >= 11 is 5.78. The van der Waals surface area contributed by atoms with Crippen molar-refractivity contribution >= 4 is 11.6 Å². The van der Waals surface area contributed by atoms with E-state index in [4.69, 9.17) is 16.3 Å². The van der Waals surface area contributed by atoms with Gasteiger partial charge < -0.3 is 10.1 Å². The van der Waals surface area contributed by atoms with Crippen LogP contribution in [0.2, 0.25) is 5.02 Å². The summed E-state index contributed by atoms with van der Waals surface area (Å²) in [6.45, 7) is 2.87. The molecule has 0 heterocycles. The second-order valence-electron chi connectivity index (χ2n) is 3.54. The number of likely N-dealkylation sites (N-methyl/N-ethyl adjacent to an activating group) is 1. The smallest absolute Gasteiger partial charge is 0.119 e. The molecule has 3 heteroatoms. The number of hydrogen-bond donors (Lipinski definition) is 1. The highest BCUT2D eigenvalue weighted by molar-refractivity contribution is 6.30. The van der Waals surface area contributed by atoms with E-state index in [1.54, 1.807) is 0 Å². The molecular formula is C12H18ClNO. The van der Waals surface area contributed by atoms with Crippen molar-refractivity contribution < 1.29 is 4.74 Å². The Hall–Kier alpha value is -0.730. The Labute approximate surface area is 96.6 Å². The van der Waals surface area contributed by atoms with Crippen LogP contribution in [-0.2, 0) is 0 Å². The van der Waals surface area contributed by atoms with Gasteiger partial charge in [-0.15, -0.1) is 0 Å². The van der Waals surface area contributed by atoms with Crippen LogP contribution in [0.4, 0.5) is 0 Å². The molecule has 0 aliphatic rings. The van der Waals surface area contributed by atoms with Gasteiger partial charge in [0.25, 0.3) is 0 Å². The predicted molar refractivity (Wildman–Crippen MR) is 64.7 cm³/mol. The molecule has 1 aromatic rings. The van der Waals surface area contributed by atoms with Gasteiger partial charge in [0.05, 0.1) is 0 Å². The topological polar surface area (TPSA) is 21.3 Å². The van der Waals surface area contributed by atoms with Gasteiger partial charge in [-0.05, 0) is 37.7 Å². The van der Waals surface area contributed by atoms with E-state index < -0.39 is 0 Å². The Balaban J connectivity index is 2.38. The Morgan fingerprint density at radius 2 is 2.00 bits per heavy atom. The molecule has 15 heavy (non-hydrogen) atoms. The van der Waals surface area contributed by atoms with Gasteiger partial charge >= 0.3 is 0 Å². The Kier molecular flexibility index (Phi) is 5.51. The minimum atomic E-state index is 0.422. The zero-order chi connectivity index (χ0) is 11.1. The lowest BCUT2D eigenvalue weighted by Crippen LogP contribution is -2.31. The fourth-order valence-corrected chi connectivity index (χ4v) is 1.51. The van der Waals surface area contributed by atoms with E-state index in [1.165, 1.54) is 0 Å². The van der Waals surface area contributed by atoms with Crippen LogP contribution in [0.1, 0.15) is 19.8 Å². The van der Waals surface area contributed by atoms with Crippen molar-refractivity contribution in [1.29, 1.82) is 0 Å². The molecular weight excluding hydrogens is 210 g/mol. The fraction of sp³-hybridized carbons (Fsp3) is 0.500. The number of halogens is 1. The standard InChI is InChI=1S/C12H18ClNO/c1-3-4-11(14-2)9-15-12-7-5-10(13)6-8-12/h5-8,11,14H,3-4,9H2,1-2H3. The van der Waals surface area contributed by atoms with E-state index in [9.17, 15) is 0 Å². The number of hydrogen-bond acceptors (Lipinski definition) is 2. The average molecular weight is 228 g/mol. The highest BCUT2D eigenvalue weighted by atomic mass is 35.5. The largest absolute Gasteiger partial charge is 0.492 e. The van der Waals surface area contributed by atoms with Crippen LogP contribution < -0.4 is 10.1 Å². The Bertz CT molecular complexity index is 273. The maximum atomic E-state index is 5.78. The third-order valence-corrected chi connectivity index (χ3v) is 2.56. The lowest BCUT2D eigenvalue weighted by molar-refractivity contribution is 0.263. The molecule has 0 aromatic heterocycles. The zero-order valence-electron chi connectivity index (χ0n) is 9.29. The van der Waals surface area contributed by atoms with Crippen molar-refractivity contribution in [2.75, 3.05) is 13.7 Å². The molecule has 1 N–H and O–H groups in total. The summed E-state index contributed by atoms with van der Waals surface area (Å²) in [5.74, 6) is 0.871. The molecule has 0 saturated heterocycles. The summed E-state index contributed by atoms with van der Waals surface area (Å²) in [6.07, 6.45) is 2.29. The molecule has 0 aliphatic carbocycles. The van der Waals surface area contributed by atoms with E-state index in [0.717, 1.165) is 23.6 Å². The first-order chi connectivity index (χ1) is 7.26. The third-order valence-electron chi connectivity index (χ3n) is 2.31. The van der Waals surface area contributed by atoms with Crippen molar-refractivity contribution in [3.63, 3.8) is 0 Å². The Morgan fingerprint density at radius 1 is 1.33 bits per heavy atom. The molecule has 0 amide bonds. The molecule has 0 fully saturated rings. The van der Waals surface area contributed by atoms with Crippen molar-refractivity contribution in [3.05, 3.63) is 29.3 Å². The third kappa shape index (κ3) is 4.54. The van der Waals surface area contributed by atoms with E-state index in [1.807, 2.05) is 31.3 Å². The first-order valence-corrected chi connectivity index (χ1v) is 5.69. The summed E-state index contributed by atoms with van der Waals surface area (Å²) in [7, 11) is 1.96. The highest BCUT2D eigenvalue weighted by Gasteiger charge is 2.05. The number of ether oxygens (including phenoxy) is 1. The van der Waals surface area contributed by atoms with E-state index >= 15 is 0 Å². The minimum absolute atomic E-state index is 0.422. The van der Waals surface area contributed by atoms with E-state index in [2.05, 4.69) is 12.2 Å². The maximum Gasteiger partial charge on any atom is 0.119 e. The van der Waals surface area contributed by atoms with Gasteiger partial charge in [-0.3, -0.25) is 0 Å². The van der Waals surface area contributed by atoms with Gasteiger partial charge in [0.15, 0.2) is 0 Å². The lowest BCUT2D eigenvalue weighted by atomic mass is 10.2. The van der Waals surface area contributed by atoms with Crippen LogP contribution in [0, 0.1) is 0 Å². The maximum absolute atomic E-state index is 5.78. The van der Waals surface area contributed by atoms with Gasteiger partial charge in [-0.25, -0.2) is 0 Å². The van der Waals surface area contributed by atoms with Crippen LogP contribution in [0.3, 0.4) is 0 Å². The van der Waals surface area contributed by atoms with Gasteiger partial charge in [0, 0.05) is 11.1 Å². The molecule has 1 rings (SSSR count). The summed E-state index contributed by atoms with van der Waals surface area (Å²) in [5, 5.41) is 3.97. The van der Waals surface area contributed by atoms with Gasteiger partial charge in [0.2, 0.25) is 0 Å². The summed E-state index contributed by atoms with van der Waals surface area (Å²) in [6, 6.07) is 7.88. The molecule has 84 valence electrons. The summed E-state index contributed by atoms with van der Waals surface area (Å²) in [5.41, 5.74) is 0. The molecule has 1 unspecified atom stereocenters. The van der Waals surface area contributed by atoms with Crippen LogP contribution in [0.15, 0.2) is 24.3 Å². The molecule has 1 atom stereocenters. The monoisotopic (exact) mass is 227 g/mol. The first-order valence-electron chi connectivity index (χ1n) is 5.32. The molecule has 0 radical (unpaired) electrons. The molecule has 0 bridgehead atoms. The van der Waals surface area contributed by atoms with Crippen molar-refractivity contribution in [2.24, 2.45) is 0 Å². The zero-order valence-corrected chi connectivity index (χ0v) is 10.1. The first kappa shape index (κ1) is 12.3. The summed E-state index contributed by atoms with van der Waals surface area (Å²) in [4.78, 5) is 0. The predicted octanol–water partition coefficient (Wildman–Crippen LogP) is 3.11. The number of nitrogens with one attached hydrogen (secondary N) is 1. The Morgan fingerprint density at radius 3 is 2.53 bits per heavy atom. The van der Waals surface area contributed by atoms with Crippen LogP contribution in [0.5, 0.6) is 5.75 Å². The van der Waals surface area contributed by atoms with E-state index in [-0.39, 0.29) is 0 Å². The minimum Gasteiger partial charge on any atom is -0.492 e. The van der Waals surface area contributed by atoms with Gasteiger partial charge in [0.1, 0.15) is 12.4 Å². The molecule has 1 aromatic carbocycles. The fourth-order valence-electron chi connectivity index (χ4n) is 1.39. The number of benzene rings is 1. The molecule has 0 spiro atoms. The molecule has 0 aliphatic heterocycles. The average Bonchev–Trinajstić information content (AvgIpc) is 2.26. The molecule has 0 saturated carbocycles. The number of rotatable bonds is 6. The van der Waals surface area contributed by atoms with Crippen molar-refractivity contribution in [2.45, 2.75) is 25.8 Å².